The van der Waals surface area contributed by atoms with E-state index in [1.54, 1.807) is 5.57 Å². The molecule has 0 aliphatic heterocycles. The van der Waals surface area contributed by atoms with Crippen molar-refractivity contribution >= 4 is 12.6 Å². The van der Waals surface area contributed by atoms with Crippen LogP contribution in [-0.4, -0.2) is 5.25 Å². The van der Waals surface area contributed by atoms with E-state index in [0.29, 0.717) is 5.25 Å². The van der Waals surface area contributed by atoms with Crippen molar-refractivity contribution in [1.29, 1.82) is 0 Å². The first-order valence-corrected chi connectivity index (χ1v) is 9.34. The molecule has 1 aliphatic carbocycles. The van der Waals surface area contributed by atoms with Crippen molar-refractivity contribution < 1.29 is 0 Å². The normalized spacial score (nSPS) is 29.9. The van der Waals surface area contributed by atoms with E-state index >= 15 is 0 Å². The molecule has 0 spiro atoms. The average Bonchev–Trinajstić information content (AvgIpc) is 2.43. The second-order valence-electron chi connectivity index (χ2n) is 7.38. The van der Waals surface area contributed by atoms with Gasteiger partial charge in [0.15, 0.2) is 0 Å². The van der Waals surface area contributed by atoms with Crippen molar-refractivity contribution in [3.05, 3.63) is 11.6 Å². The van der Waals surface area contributed by atoms with E-state index in [0.717, 1.165) is 23.7 Å². The first kappa shape index (κ1) is 18.1. The van der Waals surface area contributed by atoms with E-state index in [1.807, 2.05) is 0 Å². The van der Waals surface area contributed by atoms with Crippen LogP contribution in [0.4, 0.5) is 0 Å². The Morgan fingerprint density at radius 3 is 2.45 bits per heavy atom. The molecule has 0 fully saturated rings. The van der Waals surface area contributed by atoms with Gasteiger partial charge in [-0.15, -0.1) is 0 Å². The highest BCUT2D eigenvalue weighted by Gasteiger charge is 2.26. The van der Waals surface area contributed by atoms with E-state index in [-0.39, 0.29) is 0 Å². The van der Waals surface area contributed by atoms with Gasteiger partial charge in [0.2, 0.25) is 0 Å². The van der Waals surface area contributed by atoms with Crippen LogP contribution < -0.4 is 0 Å². The minimum atomic E-state index is 0.506. The summed E-state index contributed by atoms with van der Waals surface area (Å²) in [6.45, 7) is 11.8. The molecule has 20 heavy (non-hydrogen) atoms. The topological polar surface area (TPSA) is 0 Å². The monoisotopic (exact) mass is 296 g/mol. The maximum Gasteiger partial charge on any atom is 0.0254 e. The fraction of sp³-hybridized carbons (Fsp3) is 0.895. The van der Waals surface area contributed by atoms with Crippen LogP contribution in [0, 0.1) is 23.7 Å². The molecule has 5 atom stereocenters. The van der Waals surface area contributed by atoms with Crippen molar-refractivity contribution in [2.24, 2.45) is 23.7 Å². The van der Waals surface area contributed by atoms with E-state index in [4.69, 9.17) is 12.6 Å². The fourth-order valence-electron chi connectivity index (χ4n) is 3.15. The van der Waals surface area contributed by atoms with Crippen LogP contribution in [0.1, 0.15) is 79.6 Å². The lowest BCUT2D eigenvalue weighted by Gasteiger charge is -2.32. The second kappa shape index (κ2) is 9.18. The summed E-state index contributed by atoms with van der Waals surface area (Å²) >= 11 is 4.85. The average molecular weight is 297 g/mol. The number of allylic oxidation sites excluding steroid dienone is 1. The quantitative estimate of drug-likeness (QED) is 0.382. The molecule has 0 radical (unpaired) electrons. The minimum Gasteiger partial charge on any atom is -0.171 e. The van der Waals surface area contributed by atoms with E-state index in [2.05, 4.69) is 40.7 Å². The molecule has 1 rings (SSSR count). The molecule has 0 aromatic carbocycles. The summed E-state index contributed by atoms with van der Waals surface area (Å²) in [6, 6.07) is 0. The number of hydrogen-bond donors (Lipinski definition) is 1. The van der Waals surface area contributed by atoms with Gasteiger partial charge in [-0.3, -0.25) is 0 Å². The smallest absolute Gasteiger partial charge is 0.0254 e. The zero-order valence-electron chi connectivity index (χ0n) is 14.4. The van der Waals surface area contributed by atoms with Gasteiger partial charge in [-0.25, -0.2) is 0 Å². The third kappa shape index (κ3) is 5.84. The van der Waals surface area contributed by atoms with Crippen LogP contribution in [0.2, 0.25) is 0 Å². The Hall–Kier alpha value is 0.0900. The van der Waals surface area contributed by atoms with Gasteiger partial charge >= 0.3 is 0 Å². The molecule has 0 N–H and O–H groups in total. The Morgan fingerprint density at radius 2 is 1.80 bits per heavy atom. The predicted molar refractivity (Wildman–Crippen MR) is 95.5 cm³/mol. The summed E-state index contributed by atoms with van der Waals surface area (Å²) in [6.07, 6.45) is 11.9. The van der Waals surface area contributed by atoms with Gasteiger partial charge in [0.05, 0.1) is 0 Å². The van der Waals surface area contributed by atoms with E-state index in [9.17, 15) is 0 Å². The summed E-state index contributed by atoms with van der Waals surface area (Å²) in [5, 5.41) is 0.506. The molecule has 0 amide bonds. The molecule has 0 saturated heterocycles. The second-order valence-corrected chi connectivity index (χ2v) is 7.94. The predicted octanol–water partition coefficient (Wildman–Crippen LogP) is 6.52. The molecule has 118 valence electrons. The molecular weight excluding hydrogens is 260 g/mol. The summed E-state index contributed by atoms with van der Waals surface area (Å²) < 4.78 is 0. The maximum atomic E-state index is 4.85. The first-order chi connectivity index (χ1) is 9.45. The molecule has 1 heteroatoms. The molecule has 0 nitrogen and oxygen atoms in total. The Balaban J connectivity index is 2.25. The molecule has 0 saturated carbocycles. The minimum absolute atomic E-state index is 0.506. The summed E-state index contributed by atoms with van der Waals surface area (Å²) in [7, 11) is 0. The number of thiol groups is 1. The summed E-state index contributed by atoms with van der Waals surface area (Å²) in [5.74, 6) is 3.32. The summed E-state index contributed by atoms with van der Waals surface area (Å²) in [5.41, 5.74) is 1.62. The molecule has 0 aromatic heterocycles. The van der Waals surface area contributed by atoms with Crippen molar-refractivity contribution in [2.75, 3.05) is 0 Å². The highest BCUT2D eigenvalue weighted by atomic mass is 32.1. The molecular formula is C19H36S. The lowest BCUT2D eigenvalue weighted by molar-refractivity contribution is 0.366. The van der Waals surface area contributed by atoms with Gasteiger partial charge in [-0.2, -0.15) is 12.6 Å². The standard InChI is InChI=1S/C19H36S/c1-6-14(2)8-7-9-15(3)10-12-18-13-11-16(4)17(5)19(18)20/h13-17,19-20H,6-12H2,1-5H3. The molecule has 1 aliphatic rings. The van der Waals surface area contributed by atoms with Gasteiger partial charge < -0.3 is 0 Å². The van der Waals surface area contributed by atoms with Crippen LogP contribution in [0.15, 0.2) is 11.6 Å². The van der Waals surface area contributed by atoms with E-state index in [1.165, 1.54) is 44.9 Å². The Kier molecular flexibility index (Phi) is 8.32. The largest absolute Gasteiger partial charge is 0.171 e. The fourth-order valence-corrected chi connectivity index (χ4v) is 3.68. The van der Waals surface area contributed by atoms with Crippen LogP contribution in [0.5, 0.6) is 0 Å². The molecule has 0 aromatic rings. The Labute approximate surface area is 133 Å². The van der Waals surface area contributed by atoms with Crippen molar-refractivity contribution in [3.8, 4) is 0 Å². The van der Waals surface area contributed by atoms with Gasteiger partial charge in [-0.1, -0.05) is 72.0 Å². The first-order valence-electron chi connectivity index (χ1n) is 8.82. The van der Waals surface area contributed by atoms with Crippen LogP contribution >= 0.6 is 12.6 Å². The van der Waals surface area contributed by atoms with Gasteiger partial charge in [0, 0.05) is 5.25 Å². The number of rotatable bonds is 8. The highest BCUT2D eigenvalue weighted by Crippen LogP contribution is 2.35. The Morgan fingerprint density at radius 1 is 1.15 bits per heavy atom. The summed E-state index contributed by atoms with van der Waals surface area (Å²) in [4.78, 5) is 0. The number of hydrogen-bond acceptors (Lipinski definition) is 1. The molecule has 0 heterocycles. The van der Waals surface area contributed by atoms with Crippen LogP contribution in [0.3, 0.4) is 0 Å². The van der Waals surface area contributed by atoms with Crippen molar-refractivity contribution in [2.45, 2.75) is 84.8 Å². The third-order valence-electron chi connectivity index (χ3n) is 5.54. The third-order valence-corrected chi connectivity index (χ3v) is 6.35. The SMILES string of the molecule is CCC(C)CCCC(C)CCC1=CCC(C)C(C)C1S. The Bertz CT molecular complexity index is 294. The zero-order chi connectivity index (χ0) is 15.1. The lowest BCUT2D eigenvalue weighted by atomic mass is 9.79. The zero-order valence-corrected chi connectivity index (χ0v) is 15.3. The lowest BCUT2D eigenvalue weighted by Crippen LogP contribution is -2.25. The molecule has 0 bridgehead atoms. The molecule has 5 unspecified atom stereocenters. The van der Waals surface area contributed by atoms with Gasteiger partial charge in [-0.05, 0) is 42.9 Å². The van der Waals surface area contributed by atoms with E-state index < -0.39 is 0 Å². The van der Waals surface area contributed by atoms with Crippen LogP contribution in [0.25, 0.3) is 0 Å². The highest BCUT2D eigenvalue weighted by molar-refractivity contribution is 7.81. The maximum absolute atomic E-state index is 4.85. The van der Waals surface area contributed by atoms with Crippen LogP contribution in [-0.2, 0) is 0 Å². The van der Waals surface area contributed by atoms with Crippen molar-refractivity contribution in [1.82, 2.24) is 0 Å². The van der Waals surface area contributed by atoms with Gasteiger partial charge in [0.25, 0.3) is 0 Å². The van der Waals surface area contributed by atoms with Gasteiger partial charge in [0.1, 0.15) is 0 Å². The van der Waals surface area contributed by atoms with Crippen molar-refractivity contribution in [3.63, 3.8) is 0 Å².